The van der Waals surface area contributed by atoms with Crippen LogP contribution in [0.2, 0.25) is 0 Å². The standard InChI is InChI=1S/C14H20N4O4S2/c1-3-17(4-2)24(21,22)11-5-6-12(16-9-11)23-10-13(19)18-8-7-15-14(18)20/h5-6,9H,3-4,7-8,10H2,1-2H3,(H,15,20). The van der Waals surface area contributed by atoms with Crippen molar-refractivity contribution in [3.63, 3.8) is 0 Å². The molecule has 0 aliphatic carbocycles. The maximum Gasteiger partial charge on any atom is 0.324 e. The van der Waals surface area contributed by atoms with Crippen LogP contribution in [-0.2, 0) is 14.8 Å². The Morgan fingerprint density at radius 2 is 2.08 bits per heavy atom. The van der Waals surface area contributed by atoms with E-state index in [2.05, 4.69) is 10.3 Å². The Bertz CT molecular complexity index is 702. The number of carbonyl (C=O) groups excluding carboxylic acids is 2. The SMILES string of the molecule is CCN(CC)S(=O)(=O)c1ccc(SCC(=O)N2CCNC2=O)nc1. The van der Waals surface area contributed by atoms with Gasteiger partial charge in [-0.25, -0.2) is 18.2 Å². The number of hydrogen-bond acceptors (Lipinski definition) is 6. The molecule has 24 heavy (non-hydrogen) atoms. The molecule has 0 saturated carbocycles. The van der Waals surface area contributed by atoms with Crippen LogP contribution in [-0.4, -0.2) is 66.5 Å². The van der Waals surface area contributed by atoms with Crippen LogP contribution in [0, 0.1) is 0 Å². The van der Waals surface area contributed by atoms with E-state index in [1.165, 1.54) is 28.3 Å². The van der Waals surface area contributed by atoms with Gasteiger partial charge < -0.3 is 5.32 Å². The van der Waals surface area contributed by atoms with Crippen LogP contribution in [0.25, 0.3) is 0 Å². The first-order chi connectivity index (χ1) is 11.4. The van der Waals surface area contributed by atoms with Crippen LogP contribution in [0.3, 0.4) is 0 Å². The third kappa shape index (κ3) is 4.05. The van der Waals surface area contributed by atoms with E-state index < -0.39 is 10.0 Å². The largest absolute Gasteiger partial charge is 0.336 e. The zero-order valence-corrected chi connectivity index (χ0v) is 15.2. The normalized spacial score (nSPS) is 15.0. The quantitative estimate of drug-likeness (QED) is 0.709. The number of urea groups is 1. The van der Waals surface area contributed by atoms with E-state index in [1.807, 2.05) is 0 Å². The number of hydrogen-bond donors (Lipinski definition) is 1. The second-order valence-electron chi connectivity index (χ2n) is 4.99. The van der Waals surface area contributed by atoms with Crippen molar-refractivity contribution < 1.29 is 18.0 Å². The number of nitrogens with zero attached hydrogens (tertiary/aromatic N) is 3. The second kappa shape index (κ2) is 7.95. The number of nitrogens with one attached hydrogen (secondary N) is 1. The molecule has 1 saturated heterocycles. The van der Waals surface area contributed by atoms with E-state index in [0.717, 1.165) is 4.90 Å². The van der Waals surface area contributed by atoms with E-state index in [9.17, 15) is 18.0 Å². The Kier molecular flexibility index (Phi) is 6.19. The van der Waals surface area contributed by atoms with E-state index in [-0.39, 0.29) is 22.6 Å². The molecule has 0 bridgehead atoms. The van der Waals surface area contributed by atoms with Gasteiger partial charge in [0.2, 0.25) is 15.9 Å². The van der Waals surface area contributed by atoms with Gasteiger partial charge in [-0.05, 0) is 12.1 Å². The van der Waals surface area contributed by atoms with Crippen molar-refractivity contribution in [2.75, 3.05) is 31.9 Å². The molecule has 10 heteroatoms. The molecule has 1 aromatic rings. The molecule has 8 nitrogen and oxygen atoms in total. The summed E-state index contributed by atoms with van der Waals surface area (Å²) in [6, 6.07) is 2.67. The van der Waals surface area contributed by atoms with Crippen LogP contribution < -0.4 is 5.32 Å². The van der Waals surface area contributed by atoms with Gasteiger partial charge in [0.25, 0.3) is 0 Å². The predicted molar refractivity (Wildman–Crippen MR) is 90.2 cm³/mol. The van der Waals surface area contributed by atoms with Gasteiger partial charge in [0.05, 0.1) is 10.8 Å². The number of carbonyl (C=O) groups is 2. The van der Waals surface area contributed by atoms with Crippen LogP contribution in [0.15, 0.2) is 28.3 Å². The first-order valence-corrected chi connectivity index (χ1v) is 10.00. The monoisotopic (exact) mass is 372 g/mol. The highest BCUT2D eigenvalue weighted by molar-refractivity contribution is 7.99. The van der Waals surface area contributed by atoms with Crippen molar-refractivity contribution >= 4 is 33.7 Å². The summed E-state index contributed by atoms with van der Waals surface area (Å²) >= 11 is 1.17. The van der Waals surface area contributed by atoms with Crippen molar-refractivity contribution in [1.82, 2.24) is 19.5 Å². The van der Waals surface area contributed by atoms with Gasteiger partial charge in [-0.1, -0.05) is 25.6 Å². The van der Waals surface area contributed by atoms with Gasteiger partial charge in [0, 0.05) is 32.4 Å². The minimum absolute atomic E-state index is 0.0720. The molecule has 0 aromatic carbocycles. The first-order valence-electron chi connectivity index (χ1n) is 7.57. The molecule has 0 atom stereocenters. The fourth-order valence-electron chi connectivity index (χ4n) is 2.24. The van der Waals surface area contributed by atoms with E-state index in [4.69, 9.17) is 0 Å². The molecular weight excluding hydrogens is 352 g/mol. The Balaban J connectivity index is 1.99. The Morgan fingerprint density at radius 1 is 1.38 bits per heavy atom. The lowest BCUT2D eigenvalue weighted by Crippen LogP contribution is -2.35. The molecule has 3 amide bonds. The van der Waals surface area contributed by atoms with Crippen molar-refractivity contribution in [2.45, 2.75) is 23.8 Å². The fourth-order valence-corrected chi connectivity index (χ4v) is 4.36. The van der Waals surface area contributed by atoms with Crippen molar-refractivity contribution in [3.05, 3.63) is 18.3 Å². The van der Waals surface area contributed by atoms with E-state index in [1.54, 1.807) is 19.9 Å². The molecule has 1 aromatic heterocycles. The second-order valence-corrected chi connectivity index (χ2v) is 7.92. The van der Waals surface area contributed by atoms with Gasteiger partial charge in [0.15, 0.2) is 0 Å². The highest BCUT2D eigenvalue weighted by Gasteiger charge is 2.26. The Labute approximate surface area is 145 Å². The molecule has 1 aliphatic rings. The van der Waals surface area contributed by atoms with Crippen LogP contribution in [0.5, 0.6) is 0 Å². The number of thioether (sulfide) groups is 1. The summed E-state index contributed by atoms with van der Waals surface area (Å²) in [6.07, 6.45) is 1.29. The van der Waals surface area contributed by atoms with Crippen molar-refractivity contribution in [1.29, 1.82) is 0 Å². The minimum atomic E-state index is -3.54. The first kappa shape index (κ1) is 18.7. The lowest BCUT2D eigenvalue weighted by molar-refractivity contribution is -0.124. The van der Waals surface area contributed by atoms with E-state index >= 15 is 0 Å². The average Bonchev–Trinajstić information content (AvgIpc) is 3.00. The molecule has 0 spiro atoms. The molecule has 132 valence electrons. The Morgan fingerprint density at radius 3 is 2.58 bits per heavy atom. The molecule has 1 fully saturated rings. The highest BCUT2D eigenvalue weighted by atomic mass is 32.2. The van der Waals surface area contributed by atoms with Gasteiger partial charge in [-0.3, -0.25) is 9.69 Å². The minimum Gasteiger partial charge on any atom is -0.336 e. The Hall–Kier alpha value is -1.65. The number of rotatable bonds is 7. The third-order valence-corrected chi connectivity index (χ3v) is 6.52. The van der Waals surface area contributed by atoms with E-state index in [0.29, 0.717) is 31.2 Å². The number of sulfonamides is 1. The van der Waals surface area contributed by atoms with Crippen LogP contribution >= 0.6 is 11.8 Å². The van der Waals surface area contributed by atoms with Gasteiger partial charge in [0.1, 0.15) is 4.90 Å². The van der Waals surface area contributed by atoms with Gasteiger partial charge in [-0.2, -0.15) is 4.31 Å². The number of aromatic nitrogens is 1. The zero-order chi connectivity index (χ0) is 17.7. The van der Waals surface area contributed by atoms with Crippen LogP contribution in [0.1, 0.15) is 13.8 Å². The highest BCUT2D eigenvalue weighted by Crippen LogP contribution is 2.20. The summed E-state index contributed by atoms with van der Waals surface area (Å²) < 4.78 is 26.1. The van der Waals surface area contributed by atoms with Crippen LogP contribution in [0.4, 0.5) is 4.79 Å². The van der Waals surface area contributed by atoms with Crippen molar-refractivity contribution in [2.24, 2.45) is 0 Å². The molecule has 0 unspecified atom stereocenters. The molecule has 1 N–H and O–H groups in total. The van der Waals surface area contributed by atoms with Crippen molar-refractivity contribution in [3.8, 4) is 0 Å². The molecule has 1 aliphatic heterocycles. The smallest absolute Gasteiger partial charge is 0.324 e. The summed E-state index contributed by atoms with van der Waals surface area (Å²) in [5.41, 5.74) is 0. The number of amides is 3. The topological polar surface area (TPSA) is 99.7 Å². The lowest BCUT2D eigenvalue weighted by Gasteiger charge is -2.18. The summed E-state index contributed by atoms with van der Waals surface area (Å²) in [7, 11) is -3.54. The molecule has 2 heterocycles. The third-order valence-electron chi connectivity index (χ3n) is 3.55. The maximum absolute atomic E-state index is 12.4. The summed E-state index contributed by atoms with van der Waals surface area (Å²) in [6.45, 7) is 5.17. The molecule has 0 radical (unpaired) electrons. The predicted octanol–water partition coefficient (Wildman–Crippen LogP) is 0.756. The van der Waals surface area contributed by atoms with Gasteiger partial charge in [-0.15, -0.1) is 0 Å². The number of pyridine rings is 1. The number of imide groups is 1. The zero-order valence-electron chi connectivity index (χ0n) is 13.6. The average molecular weight is 372 g/mol. The maximum atomic E-state index is 12.4. The lowest BCUT2D eigenvalue weighted by atomic mass is 10.5. The molecular formula is C14H20N4O4S2. The molecule has 2 rings (SSSR count). The fraction of sp³-hybridized carbons (Fsp3) is 0.500. The summed E-state index contributed by atoms with van der Waals surface area (Å²) in [5.74, 6) is -0.223. The summed E-state index contributed by atoms with van der Waals surface area (Å²) in [4.78, 5) is 28.7. The van der Waals surface area contributed by atoms with Gasteiger partial charge >= 0.3 is 6.03 Å². The summed E-state index contributed by atoms with van der Waals surface area (Å²) in [5, 5.41) is 3.09.